The average Bonchev–Trinajstić information content (AvgIpc) is 3.42. The number of amides is 3. The number of phenolic OH excluding ortho intramolecular Hbond substituents is 1. The van der Waals surface area contributed by atoms with Gasteiger partial charge in [0.25, 0.3) is 0 Å². The van der Waals surface area contributed by atoms with Gasteiger partial charge >= 0.3 is 5.97 Å². The topological polar surface area (TPSA) is 162 Å². The zero-order valence-electron chi connectivity index (χ0n) is 21.9. The molecule has 1 fully saturated rings. The van der Waals surface area contributed by atoms with Gasteiger partial charge in [-0.15, -0.1) is 0 Å². The van der Waals surface area contributed by atoms with Gasteiger partial charge in [0.1, 0.15) is 23.9 Å². The molecule has 11 heteroatoms. The number of thioether (sulfide) groups is 1. The van der Waals surface area contributed by atoms with Crippen LogP contribution < -0.4 is 16.4 Å². The fourth-order valence-corrected chi connectivity index (χ4v) is 5.04. The molecule has 3 rings (SSSR count). The lowest BCUT2D eigenvalue weighted by Gasteiger charge is -2.30. The van der Waals surface area contributed by atoms with Crippen molar-refractivity contribution in [3.8, 4) is 5.75 Å². The van der Waals surface area contributed by atoms with Gasteiger partial charge in [-0.05, 0) is 61.0 Å². The summed E-state index contributed by atoms with van der Waals surface area (Å²) in [6.45, 7) is 0.332. The number of aliphatic carboxylic acids is 1. The Morgan fingerprint density at radius 1 is 1.00 bits per heavy atom. The van der Waals surface area contributed by atoms with Crippen LogP contribution in [0.1, 0.15) is 30.4 Å². The molecule has 6 N–H and O–H groups in total. The van der Waals surface area contributed by atoms with Crippen LogP contribution >= 0.6 is 11.8 Å². The standard InChI is InChI=1S/C28H36N4O6S/c1-39-15-13-22(30-25(34)21(29)16-19-9-11-20(33)12-10-19)27(36)32-14-5-8-24(32)26(35)31-23(28(37)38)17-18-6-3-2-4-7-18/h2-4,6-7,9-12,21-24,33H,5,8,13-17,29H2,1H3,(H,30,34)(H,31,35)(H,37,38). The highest BCUT2D eigenvalue weighted by Crippen LogP contribution is 2.20. The van der Waals surface area contributed by atoms with Gasteiger partial charge in [0, 0.05) is 13.0 Å². The van der Waals surface area contributed by atoms with Gasteiger partial charge in [0.05, 0.1) is 6.04 Å². The summed E-state index contributed by atoms with van der Waals surface area (Å²) in [5, 5.41) is 24.5. The Hall–Kier alpha value is -3.57. The number of nitrogens with zero attached hydrogens (tertiary/aromatic N) is 1. The highest BCUT2D eigenvalue weighted by molar-refractivity contribution is 7.98. The molecule has 210 valence electrons. The first-order chi connectivity index (χ1) is 18.7. The summed E-state index contributed by atoms with van der Waals surface area (Å²) in [4.78, 5) is 52.9. The third kappa shape index (κ3) is 8.72. The zero-order chi connectivity index (χ0) is 28.4. The van der Waals surface area contributed by atoms with Crippen LogP contribution in [0.2, 0.25) is 0 Å². The molecule has 0 bridgehead atoms. The lowest BCUT2D eigenvalue weighted by atomic mass is 10.0. The molecule has 4 atom stereocenters. The van der Waals surface area contributed by atoms with E-state index in [-0.39, 0.29) is 24.5 Å². The molecule has 1 aliphatic heterocycles. The van der Waals surface area contributed by atoms with Crippen LogP contribution in [0.15, 0.2) is 54.6 Å². The van der Waals surface area contributed by atoms with Crippen molar-refractivity contribution in [1.29, 1.82) is 0 Å². The van der Waals surface area contributed by atoms with Crippen molar-refractivity contribution in [1.82, 2.24) is 15.5 Å². The summed E-state index contributed by atoms with van der Waals surface area (Å²) >= 11 is 1.53. The maximum absolute atomic E-state index is 13.6. The summed E-state index contributed by atoms with van der Waals surface area (Å²) in [6.07, 6.45) is 3.58. The Kier molecular flexibility index (Phi) is 11.2. The predicted octanol–water partition coefficient (Wildman–Crippen LogP) is 1.30. The highest BCUT2D eigenvalue weighted by Gasteiger charge is 2.39. The third-order valence-corrected chi connectivity index (χ3v) is 7.33. The number of likely N-dealkylation sites (tertiary alicyclic amines) is 1. The third-order valence-electron chi connectivity index (χ3n) is 6.69. The van der Waals surface area contributed by atoms with E-state index in [2.05, 4.69) is 10.6 Å². The molecule has 1 aliphatic rings. The van der Waals surface area contributed by atoms with E-state index < -0.39 is 42.0 Å². The smallest absolute Gasteiger partial charge is 0.326 e. The molecule has 39 heavy (non-hydrogen) atoms. The number of hydrogen-bond donors (Lipinski definition) is 5. The van der Waals surface area contributed by atoms with Crippen molar-refractivity contribution < 1.29 is 29.4 Å². The molecule has 0 radical (unpaired) electrons. The Labute approximate surface area is 232 Å². The van der Waals surface area contributed by atoms with E-state index in [4.69, 9.17) is 5.73 Å². The van der Waals surface area contributed by atoms with Crippen molar-refractivity contribution in [2.24, 2.45) is 5.73 Å². The van der Waals surface area contributed by atoms with E-state index in [9.17, 15) is 29.4 Å². The number of benzene rings is 2. The van der Waals surface area contributed by atoms with E-state index in [0.717, 1.165) is 11.1 Å². The molecule has 4 unspecified atom stereocenters. The molecule has 0 spiro atoms. The van der Waals surface area contributed by atoms with Crippen LogP contribution in [0.25, 0.3) is 0 Å². The van der Waals surface area contributed by atoms with Crippen molar-refractivity contribution in [2.75, 3.05) is 18.6 Å². The Bertz CT molecular complexity index is 1130. The van der Waals surface area contributed by atoms with Gasteiger partial charge in [-0.1, -0.05) is 42.5 Å². The zero-order valence-corrected chi connectivity index (χ0v) is 22.7. The summed E-state index contributed by atoms with van der Waals surface area (Å²) in [5.74, 6) is -1.84. The number of aromatic hydroxyl groups is 1. The molecule has 10 nitrogen and oxygen atoms in total. The first-order valence-electron chi connectivity index (χ1n) is 12.9. The minimum Gasteiger partial charge on any atom is -0.508 e. The molecule has 0 aliphatic carbocycles. The average molecular weight is 557 g/mol. The molecular weight excluding hydrogens is 520 g/mol. The van der Waals surface area contributed by atoms with Gasteiger partial charge in [0.15, 0.2) is 0 Å². The van der Waals surface area contributed by atoms with Crippen LogP contribution in [0, 0.1) is 0 Å². The molecule has 3 amide bonds. The van der Waals surface area contributed by atoms with Crippen LogP contribution in [0.5, 0.6) is 5.75 Å². The first kappa shape index (κ1) is 30.0. The monoisotopic (exact) mass is 556 g/mol. The van der Waals surface area contributed by atoms with E-state index in [1.165, 1.54) is 28.8 Å². The van der Waals surface area contributed by atoms with Gasteiger partial charge in [0.2, 0.25) is 17.7 Å². The van der Waals surface area contributed by atoms with Crippen LogP contribution in [0.3, 0.4) is 0 Å². The Morgan fingerprint density at radius 2 is 1.67 bits per heavy atom. The second-order valence-corrected chi connectivity index (χ2v) is 10.6. The number of phenols is 1. The summed E-state index contributed by atoms with van der Waals surface area (Å²) < 4.78 is 0. The number of nitrogens with one attached hydrogen (secondary N) is 2. The summed E-state index contributed by atoms with van der Waals surface area (Å²) in [6, 6.07) is 11.6. The molecule has 0 aromatic heterocycles. The number of carboxylic acid groups (broad SMARTS) is 1. The second kappa shape index (κ2) is 14.5. The number of carboxylic acids is 1. The van der Waals surface area contributed by atoms with E-state index >= 15 is 0 Å². The molecule has 1 heterocycles. The highest BCUT2D eigenvalue weighted by atomic mass is 32.2. The minimum atomic E-state index is -1.16. The quantitative estimate of drug-likeness (QED) is 0.247. The van der Waals surface area contributed by atoms with Gasteiger partial charge in [-0.25, -0.2) is 4.79 Å². The SMILES string of the molecule is CSCCC(NC(=O)C(N)Cc1ccc(O)cc1)C(=O)N1CCCC1C(=O)NC(Cc1ccccc1)C(=O)O. The van der Waals surface area contributed by atoms with Gasteiger partial charge < -0.3 is 31.5 Å². The lowest BCUT2D eigenvalue weighted by molar-refractivity contribution is -0.144. The molecular formula is C28H36N4O6S. The van der Waals surface area contributed by atoms with Crippen molar-refractivity contribution in [3.63, 3.8) is 0 Å². The van der Waals surface area contributed by atoms with Crippen LogP contribution in [-0.4, -0.2) is 81.5 Å². The predicted molar refractivity (Wildman–Crippen MR) is 149 cm³/mol. The van der Waals surface area contributed by atoms with E-state index in [0.29, 0.717) is 31.6 Å². The van der Waals surface area contributed by atoms with Crippen molar-refractivity contribution >= 4 is 35.5 Å². The van der Waals surface area contributed by atoms with Crippen molar-refractivity contribution in [2.45, 2.75) is 56.3 Å². The van der Waals surface area contributed by atoms with Gasteiger partial charge in [-0.3, -0.25) is 14.4 Å². The van der Waals surface area contributed by atoms with Crippen LogP contribution in [-0.2, 0) is 32.0 Å². The number of rotatable bonds is 13. The number of carbonyl (C=O) groups excluding carboxylic acids is 3. The maximum atomic E-state index is 13.6. The number of carbonyl (C=O) groups is 4. The summed E-state index contributed by atoms with van der Waals surface area (Å²) in [5.41, 5.74) is 7.65. The van der Waals surface area contributed by atoms with Crippen molar-refractivity contribution in [3.05, 3.63) is 65.7 Å². The molecule has 0 saturated carbocycles. The number of hydrogen-bond acceptors (Lipinski definition) is 7. The maximum Gasteiger partial charge on any atom is 0.326 e. The fourth-order valence-electron chi connectivity index (χ4n) is 4.57. The summed E-state index contributed by atoms with van der Waals surface area (Å²) in [7, 11) is 0. The van der Waals surface area contributed by atoms with Crippen LogP contribution in [0.4, 0.5) is 0 Å². The fraction of sp³-hybridized carbons (Fsp3) is 0.429. The second-order valence-electron chi connectivity index (χ2n) is 9.60. The largest absolute Gasteiger partial charge is 0.508 e. The van der Waals surface area contributed by atoms with E-state index in [1.807, 2.05) is 12.3 Å². The lowest BCUT2D eigenvalue weighted by Crippen LogP contribution is -2.57. The Morgan fingerprint density at radius 3 is 2.31 bits per heavy atom. The van der Waals surface area contributed by atoms with E-state index in [1.54, 1.807) is 36.4 Å². The Balaban J connectivity index is 1.66. The minimum absolute atomic E-state index is 0.110. The molecule has 2 aromatic rings. The first-order valence-corrected chi connectivity index (χ1v) is 14.3. The number of nitrogens with two attached hydrogens (primary N) is 1. The molecule has 2 aromatic carbocycles. The normalized spacial score (nSPS) is 17.2. The molecule has 1 saturated heterocycles. The van der Waals surface area contributed by atoms with Gasteiger partial charge in [-0.2, -0.15) is 11.8 Å².